The Morgan fingerprint density at radius 1 is 1.24 bits per heavy atom. The lowest BCUT2D eigenvalue weighted by Crippen LogP contribution is -2.57. The van der Waals surface area contributed by atoms with Gasteiger partial charge in [0.15, 0.2) is 0 Å². The lowest BCUT2D eigenvalue weighted by atomic mass is 9.68. The van der Waals surface area contributed by atoms with Crippen LogP contribution in [0.1, 0.15) is 73.1 Å². The fourth-order valence-corrected chi connectivity index (χ4v) is 6.72. The van der Waals surface area contributed by atoms with Gasteiger partial charge < -0.3 is 34.5 Å². The van der Waals surface area contributed by atoms with Crippen LogP contribution in [-0.4, -0.2) is 92.4 Å². The normalized spacial score (nSPS) is 37.1. The molecule has 4 fully saturated rings. The second-order valence-electron chi connectivity index (χ2n) is 12.5. The molecule has 3 saturated heterocycles. The average Bonchev–Trinajstić information content (AvgIpc) is 3.73. The summed E-state index contributed by atoms with van der Waals surface area (Å²) in [5.74, 6) is -0.291. The number of allylic oxidation sites excluding steroid dienone is 1. The second-order valence-corrected chi connectivity index (χ2v) is 12.5. The largest absolute Gasteiger partial charge is 0.443 e. The molecule has 0 aromatic carbocycles. The lowest BCUT2D eigenvalue weighted by Gasteiger charge is -2.42. The van der Waals surface area contributed by atoms with Crippen LogP contribution in [0, 0.1) is 11.8 Å². The molecule has 0 radical (unpaired) electrons. The van der Waals surface area contributed by atoms with Gasteiger partial charge in [-0.3, -0.25) is 4.79 Å². The van der Waals surface area contributed by atoms with Crippen LogP contribution >= 0.6 is 0 Å². The predicted octanol–water partition coefficient (Wildman–Crippen LogP) is 3.41. The molecule has 2 N–H and O–H groups in total. The molecule has 1 aliphatic carbocycles. The number of amides is 2. The summed E-state index contributed by atoms with van der Waals surface area (Å²) >= 11 is 0. The minimum absolute atomic E-state index is 0.0416. The first-order valence-electron chi connectivity index (χ1n) is 14.4. The van der Waals surface area contributed by atoms with Crippen molar-refractivity contribution in [2.24, 2.45) is 11.8 Å². The number of hydrogen-bond acceptors (Lipinski definition) is 7. The molecule has 9 heteroatoms. The zero-order chi connectivity index (χ0) is 27.7. The molecule has 38 heavy (non-hydrogen) atoms. The minimum Gasteiger partial charge on any atom is -0.443 e. The maximum Gasteiger partial charge on any atom is 0.408 e. The molecule has 9 nitrogen and oxygen atoms in total. The van der Waals surface area contributed by atoms with Gasteiger partial charge in [0.1, 0.15) is 29.5 Å². The Hall–Kier alpha value is -1.68. The number of methoxy groups -OCH3 is 1. The highest BCUT2D eigenvalue weighted by Crippen LogP contribution is 2.59. The molecule has 2 amide bonds. The summed E-state index contributed by atoms with van der Waals surface area (Å²) < 4.78 is 24.2. The molecule has 1 spiro atoms. The monoisotopic (exact) mass is 535 g/mol. The van der Waals surface area contributed by atoms with Crippen LogP contribution in [0.2, 0.25) is 0 Å². The molecule has 3 aliphatic heterocycles. The van der Waals surface area contributed by atoms with Gasteiger partial charge in [-0.2, -0.15) is 0 Å². The molecule has 3 heterocycles. The molecule has 1 unspecified atom stereocenters. The third-order valence-corrected chi connectivity index (χ3v) is 9.17. The minimum atomic E-state index is -0.667. The van der Waals surface area contributed by atoms with Crippen LogP contribution in [0.15, 0.2) is 11.6 Å². The van der Waals surface area contributed by atoms with E-state index >= 15 is 0 Å². The van der Waals surface area contributed by atoms with Gasteiger partial charge in [0.05, 0.1) is 18.6 Å². The first-order chi connectivity index (χ1) is 18.0. The summed E-state index contributed by atoms with van der Waals surface area (Å²) in [6.45, 7) is 12.5. The number of hydrogen-bond donors (Lipinski definition) is 2. The number of epoxide rings is 2. The fraction of sp³-hybridized carbons (Fsp3) is 0.862. The molecule has 0 aromatic heterocycles. The quantitative estimate of drug-likeness (QED) is 0.309. The number of rotatable bonds is 11. The van der Waals surface area contributed by atoms with E-state index in [1.807, 2.05) is 13.8 Å². The Labute approximate surface area is 228 Å². The molecule has 0 aromatic rings. The van der Waals surface area contributed by atoms with Crippen molar-refractivity contribution >= 4 is 12.0 Å². The number of likely N-dealkylation sites (tertiary alicyclic amines) is 1. The number of alkyl carbamates (subject to hydrolysis) is 1. The Kier molecular flexibility index (Phi) is 9.12. The van der Waals surface area contributed by atoms with Gasteiger partial charge in [0.2, 0.25) is 5.91 Å². The van der Waals surface area contributed by atoms with E-state index in [1.165, 1.54) is 18.4 Å². The Bertz CT molecular complexity index is 886. The van der Waals surface area contributed by atoms with Crippen LogP contribution in [0.3, 0.4) is 0 Å². The third kappa shape index (κ3) is 6.37. The van der Waals surface area contributed by atoms with Crippen molar-refractivity contribution in [1.82, 2.24) is 15.5 Å². The zero-order valence-electron chi connectivity index (χ0n) is 24.4. The highest BCUT2D eigenvalue weighted by molar-refractivity contribution is 5.85. The molecule has 4 rings (SSSR count). The van der Waals surface area contributed by atoms with Gasteiger partial charge in [0, 0.05) is 19.7 Å². The first kappa shape index (κ1) is 29.3. The third-order valence-electron chi connectivity index (χ3n) is 9.17. The van der Waals surface area contributed by atoms with Crippen molar-refractivity contribution in [2.45, 2.75) is 115 Å². The first-order valence-corrected chi connectivity index (χ1v) is 14.4. The van der Waals surface area contributed by atoms with E-state index in [0.717, 1.165) is 25.8 Å². The van der Waals surface area contributed by atoms with E-state index in [4.69, 9.17) is 18.9 Å². The topological polar surface area (TPSA) is 105 Å². The maximum atomic E-state index is 13.1. The number of ether oxygens (including phenoxy) is 4. The summed E-state index contributed by atoms with van der Waals surface area (Å²) in [6, 6.07) is -0.159. The standard InChI is InChI=1S/C29H49N3O6/c1-18(2)10-11-22-28(5,38-22)25-24(35-7)21(12-14-29(25)17-36-29)37-27(34)31-23(19(3)4)26(33)30-15-13-20-9-8-16-32(20)6/h10,19-25H,8-9,11-17H2,1-7H3,(H,30,33)(H,31,34)/t20?,21-,22-,23-,24-,25-,28-,29+/m1/s1. The van der Waals surface area contributed by atoms with Crippen molar-refractivity contribution in [3.05, 3.63) is 11.6 Å². The highest BCUT2D eigenvalue weighted by atomic mass is 16.6. The molecule has 8 atom stereocenters. The van der Waals surface area contributed by atoms with E-state index in [-0.39, 0.29) is 35.6 Å². The van der Waals surface area contributed by atoms with Gasteiger partial charge in [-0.05, 0) is 78.8 Å². The lowest BCUT2D eigenvalue weighted by molar-refractivity contribution is -0.125. The highest BCUT2D eigenvalue weighted by Gasteiger charge is 2.72. The van der Waals surface area contributed by atoms with Crippen molar-refractivity contribution in [3.8, 4) is 0 Å². The summed E-state index contributed by atoms with van der Waals surface area (Å²) in [5.41, 5.74) is 0.592. The van der Waals surface area contributed by atoms with E-state index in [1.54, 1.807) is 7.11 Å². The number of nitrogens with zero attached hydrogens (tertiary/aromatic N) is 1. The number of nitrogens with one attached hydrogen (secondary N) is 2. The van der Waals surface area contributed by atoms with Gasteiger partial charge in [-0.25, -0.2) is 4.79 Å². The SMILES string of the molecule is CO[C@@H]1[C@H](OC(=O)N[C@@H](C(=O)NCCC2CCCN2C)C(C)C)CC[C@]2(CO2)[C@H]1[C@]1(C)O[C@@H]1CC=C(C)C. The van der Waals surface area contributed by atoms with E-state index in [2.05, 4.69) is 49.4 Å². The summed E-state index contributed by atoms with van der Waals surface area (Å²) in [7, 11) is 3.80. The average molecular weight is 536 g/mol. The van der Waals surface area contributed by atoms with Gasteiger partial charge >= 0.3 is 6.09 Å². The molecule has 0 bridgehead atoms. The van der Waals surface area contributed by atoms with Gasteiger partial charge in [-0.1, -0.05) is 25.5 Å². The van der Waals surface area contributed by atoms with Crippen LogP contribution in [-0.2, 0) is 23.7 Å². The maximum absolute atomic E-state index is 13.1. The Balaban J connectivity index is 1.34. The Morgan fingerprint density at radius 2 is 1.97 bits per heavy atom. The molecule has 216 valence electrons. The summed E-state index contributed by atoms with van der Waals surface area (Å²) in [4.78, 5) is 28.4. The van der Waals surface area contributed by atoms with Crippen molar-refractivity contribution in [3.63, 3.8) is 0 Å². The van der Waals surface area contributed by atoms with Gasteiger partial charge in [-0.15, -0.1) is 0 Å². The van der Waals surface area contributed by atoms with E-state index in [0.29, 0.717) is 25.6 Å². The van der Waals surface area contributed by atoms with Crippen molar-refractivity contribution in [2.75, 3.05) is 33.9 Å². The summed E-state index contributed by atoms with van der Waals surface area (Å²) in [6.07, 6.45) is 6.46. The van der Waals surface area contributed by atoms with Crippen LogP contribution in [0.25, 0.3) is 0 Å². The van der Waals surface area contributed by atoms with Crippen LogP contribution < -0.4 is 10.6 Å². The smallest absolute Gasteiger partial charge is 0.408 e. The number of carbonyl (C=O) groups is 2. The van der Waals surface area contributed by atoms with Crippen molar-refractivity contribution < 1.29 is 28.5 Å². The van der Waals surface area contributed by atoms with Crippen LogP contribution in [0.4, 0.5) is 4.79 Å². The van der Waals surface area contributed by atoms with Gasteiger partial charge in [0.25, 0.3) is 0 Å². The molecule has 1 saturated carbocycles. The predicted molar refractivity (Wildman–Crippen MR) is 145 cm³/mol. The van der Waals surface area contributed by atoms with Crippen LogP contribution in [0.5, 0.6) is 0 Å². The summed E-state index contributed by atoms with van der Waals surface area (Å²) in [5, 5.41) is 5.85. The van der Waals surface area contributed by atoms with Crippen molar-refractivity contribution in [1.29, 1.82) is 0 Å². The Morgan fingerprint density at radius 3 is 2.55 bits per heavy atom. The number of carbonyl (C=O) groups excluding carboxylic acids is 2. The fourth-order valence-electron chi connectivity index (χ4n) is 6.72. The molecule has 4 aliphatic rings. The zero-order valence-corrected chi connectivity index (χ0v) is 24.4. The molecular formula is C29H49N3O6. The van der Waals surface area contributed by atoms with E-state index in [9.17, 15) is 9.59 Å². The second kappa shape index (κ2) is 11.8. The molecular weight excluding hydrogens is 486 g/mol. The van der Waals surface area contributed by atoms with E-state index < -0.39 is 23.8 Å².